The molecular weight excluding hydrogens is 118 g/mol. The van der Waals surface area contributed by atoms with E-state index in [4.69, 9.17) is 4.74 Å². The molecule has 0 radical (unpaired) electrons. The minimum Gasteiger partial charge on any atom is -0.371 e. The molecule has 2 unspecified atom stereocenters. The lowest BCUT2D eigenvalue weighted by molar-refractivity contribution is -0.119. The lowest BCUT2D eigenvalue weighted by Crippen LogP contribution is -2.29. The molecule has 2 aliphatic heterocycles. The molecule has 0 aromatic carbocycles. The molecule has 1 amide bonds. The first-order chi connectivity index (χ1) is 4.36. The van der Waals surface area contributed by atoms with Crippen molar-refractivity contribution in [1.29, 1.82) is 0 Å². The van der Waals surface area contributed by atoms with Crippen molar-refractivity contribution in [2.24, 2.45) is 0 Å². The van der Waals surface area contributed by atoms with Crippen LogP contribution in [0.25, 0.3) is 0 Å². The number of epoxide rings is 1. The molecule has 2 saturated heterocycles. The Morgan fingerprint density at radius 1 is 1.67 bits per heavy atom. The van der Waals surface area contributed by atoms with E-state index in [0.717, 1.165) is 13.0 Å². The number of nitrogens with one attached hydrogen (secondary N) is 1. The van der Waals surface area contributed by atoms with Gasteiger partial charge in [0.15, 0.2) is 0 Å². The molecule has 2 fully saturated rings. The van der Waals surface area contributed by atoms with Crippen molar-refractivity contribution in [2.75, 3.05) is 6.61 Å². The molecule has 9 heavy (non-hydrogen) atoms. The van der Waals surface area contributed by atoms with Gasteiger partial charge in [0, 0.05) is 6.42 Å². The van der Waals surface area contributed by atoms with Crippen molar-refractivity contribution < 1.29 is 9.53 Å². The molecule has 0 aliphatic carbocycles. The van der Waals surface area contributed by atoms with E-state index in [1.54, 1.807) is 0 Å². The van der Waals surface area contributed by atoms with Gasteiger partial charge in [-0.05, 0) is 6.42 Å². The van der Waals surface area contributed by atoms with Crippen molar-refractivity contribution in [1.82, 2.24) is 5.32 Å². The number of carbonyl (C=O) groups is 1. The quantitative estimate of drug-likeness (QED) is 0.490. The molecule has 50 valence electrons. The first-order valence-electron chi connectivity index (χ1n) is 3.27. The molecule has 2 aliphatic rings. The van der Waals surface area contributed by atoms with E-state index < -0.39 is 0 Å². The standard InChI is InChI=1S/C6H9NO2/c8-6-2-1-4(7-6)5-3-9-5/h4-5H,1-3H2,(H,7,8). The number of carbonyl (C=O) groups excluding carboxylic acids is 1. The summed E-state index contributed by atoms with van der Waals surface area (Å²) < 4.78 is 5.03. The molecule has 0 saturated carbocycles. The van der Waals surface area contributed by atoms with Crippen molar-refractivity contribution in [2.45, 2.75) is 25.0 Å². The number of amides is 1. The number of ether oxygens (including phenoxy) is 1. The van der Waals surface area contributed by atoms with Crippen LogP contribution in [0.15, 0.2) is 0 Å². The summed E-state index contributed by atoms with van der Waals surface area (Å²) in [5.41, 5.74) is 0. The largest absolute Gasteiger partial charge is 0.371 e. The summed E-state index contributed by atoms with van der Waals surface area (Å²) >= 11 is 0. The zero-order chi connectivity index (χ0) is 6.27. The fourth-order valence-corrected chi connectivity index (χ4v) is 1.20. The van der Waals surface area contributed by atoms with E-state index in [-0.39, 0.29) is 5.91 Å². The van der Waals surface area contributed by atoms with Crippen molar-refractivity contribution in [3.8, 4) is 0 Å². The van der Waals surface area contributed by atoms with Gasteiger partial charge in [0.2, 0.25) is 5.91 Å². The Bertz CT molecular complexity index is 142. The van der Waals surface area contributed by atoms with Gasteiger partial charge in [-0.2, -0.15) is 0 Å². The predicted octanol–water partition coefficient (Wildman–Crippen LogP) is -0.336. The Morgan fingerprint density at radius 2 is 2.44 bits per heavy atom. The van der Waals surface area contributed by atoms with E-state index >= 15 is 0 Å². The maximum absolute atomic E-state index is 10.6. The van der Waals surface area contributed by atoms with Crippen LogP contribution < -0.4 is 5.32 Å². The summed E-state index contributed by atoms with van der Waals surface area (Å²) in [6, 6.07) is 0.331. The van der Waals surface area contributed by atoms with E-state index in [2.05, 4.69) is 5.32 Å². The van der Waals surface area contributed by atoms with Crippen LogP contribution in [-0.2, 0) is 9.53 Å². The highest BCUT2D eigenvalue weighted by atomic mass is 16.6. The smallest absolute Gasteiger partial charge is 0.220 e. The van der Waals surface area contributed by atoms with Crippen LogP contribution in [0.5, 0.6) is 0 Å². The second kappa shape index (κ2) is 1.70. The maximum Gasteiger partial charge on any atom is 0.220 e. The highest BCUT2D eigenvalue weighted by Gasteiger charge is 2.36. The zero-order valence-corrected chi connectivity index (χ0v) is 5.09. The molecule has 2 atom stereocenters. The maximum atomic E-state index is 10.6. The van der Waals surface area contributed by atoms with Gasteiger partial charge in [0.05, 0.1) is 12.6 Å². The second-order valence-corrected chi connectivity index (χ2v) is 2.58. The lowest BCUT2D eigenvalue weighted by atomic mass is 10.2. The molecule has 2 heterocycles. The van der Waals surface area contributed by atoms with Gasteiger partial charge < -0.3 is 10.1 Å². The third kappa shape index (κ3) is 0.920. The second-order valence-electron chi connectivity index (χ2n) is 2.58. The zero-order valence-electron chi connectivity index (χ0n) is 5.09. The molecule has 2 rings (SSSR count). The fourth-order valence-electron chi connectivity index (χ4n) is 1.20. The lowest BCUT2D eigenvalue weighted by Gasteiger charge is -2.02. The molecule has 1 N–H and O–H groups in total. The third-order valence-electron chi connectivity index (χ3n) is 1.84. The third-order valence-corrected chi connectivity index (χ3v) is 1.84. The Kier molecular flexibility index (Phi) is 0.990. The number of hydrogen-bond acceptors (Lipinski definition) is 2. The van der Waals surface area contributed by atoms with Gasteiger partial charge in [0.25, 0.3) is 0 Å². The van der Waals surface area contributed by atoms with Gasteiger partial charge in [-0.15, -0.1) is 0 Å². The first-order valence-corrected chi connectivity index (χ1v) is 3.27. The number of rotatable bonds is 1. The van der Waals surface area contributed by atoms with Crippen LogP contribution in [0, 0.1) is 0 Å². The van der Waals surface area contributed by atoms with Crippen LogP contribution in [0.2, 0.25) is 0 Å². The van der Waals surface area contributed by atoms with Crippen LogP contribution in [0.1, 0.15) is 12.8 Å². The van der Waals surface area contributed by atoms with Crippen molar-refractivity contribution in [3.05, 3.63) is 0 Å². The van der Waals surface area contributed by atoms with Crippen LogP contribution in [-0.4, -0.2) is 24.7 Å². The average Bonchev–Trinajstić information content (AvgIpc) is 2.58. The van der Waals surface area contributed by atoms with Gasteiger partial charge >= 0.3 is 0 Å². The first kappa shape index (κ1) is 5.23. The molecule has 0 bridgehead atoms. The van der Waals surface area contributed by atoms with E-state index in [1.807, 2.05) is 0 Å². The summed E-state index contributed by atoms with van der Waals surface area (Å²) in [5.74, 6) is 0.176. The highest BCUT2D eigenvalue weighted by molar-refractivity contribution is 5.78. The Hall–Kier alpha value is -0.570. The van der Waals surface area contributed by atoms with E-state index in [1.165, 1.54) is 0 Å². The minimum atomic E-state index is 0.176. The molecule has 3 heteroatoms. The number of hydrogen-bond donors (Lipinski definition) is 1. The van der Waals surface area contributed by atoms with Crippen LogP contribution in [0.3, 0.4) is 0 Å². The van der Waals surface area contributed by atoms with Crippen LogP contribution in [0.4, 0.5) is 0 Å². The normalized spacial score (nSPS) is 40.7. The molecule has 0 aromatic heterocycles. The van der Waals surface area contributed by atoms with Gasteiger partial charge in [-0.1, -0.05) is 0 Å². The average molecular weight is 127 g/mol. The van der Waals surface area contributed by atoms with Crippen LogP contribution >= 0.6 is 0 Å². The van der Waals surface area contributed by atoms with Gasteiger partial charge in [0.1, 0.15) is 6.10 Å². The molecular formula is C6H9NO2. The van der Waals surface area contributed by atoms with Gasteiger partial charge in [-0.3, -0.25) is 4.79 Å². The molecule has 0 spiro atoms. The summed E-state index contributed by atoms with van der Waals surface area (Å²) in [7, 11) is 0. The van der Waals surface area contributed by atoms with Crippen molar-refractivity contribution >= 4 is 5.91 Å². The van der Waals surface area contributed by atoms with E-state index in [0.29, 0.717) is 18.6 Å². The predicted molar refractivity (Wildman–Crippen MR) is 30.9 cm³/mol. The minimum absolute atomic E-state index is 0.176. The highest BCUT2D eigenvalue weighted by Crippen LogP contribution is 2.21. The van der Waals surface area contributed by atoms with E-state index in [9.17, 15) is 4.79 Å². The summed E-state index contributed by atoms with van der Waals surface area (Å²) in [5, 5.41) is 2.85. The molecule has 3 nitrogen and oxygen atoms in total. The fraction of sp³-hybridized carbons (Fsp3) is 0.833. The summed E-state index contributed by atoms with van der Waals surface area (Å²) in [6.45, 7) is 0.838. The van der Waals surface area contributed by atoms with Crippen molar-refractivity contribution in [3.63, 3.8) is 0 Å². The Morgan fingerprint density at radius 3 is 2.89 bits per heavy atom. The molecule has 0 aromatic rings. The SMILES string of the molecule is O=C1CCC(C2CO2)N1. The monoisotopic (exact) mass is 127 g/mol. The Balaban J connectivity index is 1.92. The topological polar surface area (TPSA) is 41.6 Å². The summed E-state index contributed by atoms with van der Waals surface area (Å²) in [4.78, 5) is 10.6. The summed E-state index contributed by atoms with van der Waals surface area (Å²) in [6.07, 6.45) is 1.99. The van der Waals surface area contributed by atoms with Gasteiger partial charge in [-0.25, -0.2) is 0 Å². The Labute approximate surface area is 53.4 Å².